The maximum Gasteiger partial charge on any atom is 0.692 e. The van der Waals surface area contributed by atoms with Crippen LogP contribution in [0.3, 0.4) is 0 Å². The van der Waals surface area contributed by atoms with Crippen LogP contribution in [0.15, 0.2) is 60.7 Å². The first-order valence-electron chi connectivity index (χ1n) is 8.31. The van der Waals surface area contributed by atoms with E-state index in [0.717, 1.165) is 11.5 Å². The summed E-state index contributed by atoms with van der Waals surface area (Å²) in [5.41, 5.74) is -1.11. The van der Waals surface area contributed by atoms with Crippen molar-refractivity contribution in [2.75, 3.05) is 40.6 Å². The average molecular weight is 433 g/mol. The van der Waals surface area contributed by atoms with Crippen molar-refractivity contribution in [3.8, 4) is 11.5 Å². The summed E-state index contributed by atoms with van der Waals surface area (Å²) in [6.07, 6.45) is 0. The third kappa shape index (κ3) is 16.5. The molecule has 6 N–H and O–H groups in total. The molecule has 0 aliphatic rings. The Kier molecular flexibility index (Phi) is 19.3. The molecule has 0 aliphatic carbocycles. The van der Waals surface area contributed by atoms with Gasteiger partial charge in [0.15, 0.2) is 0 Å². The predicted molar refractivity (Wildman–Crippen MR) is 109 cm³/mol. The molecule has 0 saturated heterocycles. The predicted octanol–water partition coefficient (Wildman–Crippen LogP) is 0.961. The van der Waals surface area contributed by atoms with Crippen LogP contribution >= 0.6 is 8.25 Å². The summed E-state index contributed by atoms with van der Waals surface area (Å²) in [4.78, 5) is 14.2. The van der Waals surface area contributed by atoms with Crippen LogP contribution in [0.5, 0.6) is 11.5 Å². The molecule has 0 spiro atoms. The molecule has 29 heavy (non-hydrogen) atoms. The molecule has 10 heteroatoms. The Morgan fingerprint density at radius 1 is 0.690 bits per heavy atom. The van der Waals surface area contributed by atoms with Crippen molar-refractivity contribution in [1.82, 2.24) is 0 Å². The standard InChI is InChI=1S/2C7H8O.C5H12O4.HO3P/c2*1-8-7-5-3-2-4-6-7;6-1-5(2-7,3-8)4-9;1-4(2)3/h2*2-6H,1H3;6-9H,1-4H2;(H-,1,2,3)/p+1. The minimum absolute atomic E-state index is 0.406. The highest BCUT2D eigenvalue weighted by Crippen LogP contribution is 2.12. The average Bonchev–Trinajstić information content (AvgIpc) is 2.77. The SMILES string of the molecule is COc1ccccc1.COc1ccccc1.O=[P+](O)O.OCC(CO)(CO)CO. The van der Waals surface area contributed by atoms with E-state index in [1.165, 1.54) is 0 Å². The Morgan fingerprint density at radius 3 is 1.03 bits per heavy atom. The van der Waals surface area contributed by atoms with E-state index in [4.69, 9.17) is 44.3 Å². The third-order valence-corrected chi connectivity index (χ3v) is 3.30. The van der Waals surface area contributed by atoms with Crippen molar-refractivity contribution < 1.29 is 44.3 Å². The zero-order chi connectivity index (χ0) is 22.5. The van der Waals surface area contributed by atoms with E-state index >= 15 is 0 Å². The maximum atomic E-state index is 8.70. The normalized spacial score (nSPS) is 9.38. The van der Waals surface area contributed by atoms with Crippen LogP contribution in [0.25, 0.3) is 0 Å². The monoisotopic (exact) mass is 433 g/mol. The molecular formula is C19H30O9P+. The van der Waals surface area contributed by atoms with Crippen molar-refractivity contribution >= 4 is 8.25 Å². The Bertz CT molecular complexity index is 547. The Balaban J connectivity index is 0. The zero-order valence-corrected chi connectivity index (χ0v) is 17.4. The van der Waals surface area contributed by atoms with Gasteiger partial charge in [-0.15, -0.1) is 9.79 Å². The number of benzene rings is 2. The van der Waals surface area contributed by atoms with Gasteiger partial charge in [-0.2, -0.15) is 0 Å². The molecule has 0 fully saturated rings. The van der Waals surface area contributed by atoms with Gasteiger partial charge in [0.25, 0.3) is 0 Å². The number of aliphatic hydroxyl groups is 4. The molecule has 0 aliphatic heterocycles. The molecule has 0 atom stereocenters. The lowest BCUT2D eigenvalue weighted by atomic mass is 9.93. The van der Waals surface area contributed by atoms with Crippen LogP contribution < -0.4 is 9.47 Å². The quantitative estimate of drug-likeness (QED) is 0.365. The molecule has 9 nitrogen and oxygen atoms in total. The summed E-state index contributed by atoms with van der Waals surface area (Å²) in [5, 5.41) is 34.0. The van der Waals surface area contributed by atoms with E-state index in [-0.39, 0.29) is 0 Å². The van der Waals surface area contributed by atoms with Crippen LogP contribution in [0.2, 0.25) is 0 Å². The zero-order valence-electron chi connectivity index (χ0n) is 16.5. The number of aliphatic hydroxyl groups excluding tert-OH is 4. The second-order valence-corrected chi connectivity index (χ2v) is 5.93. The molecular weight excluding hydrogens is 403 g/mol. The first-order valence-corrected chi connectivity index (χ1v) is 9.47. The van der Waals surface area contributed by atoms with Gasteiger partial charge in [0, 0.05) is 4.57 Å². The molecule has 0 unspecified atom stereocenters. The topological polar surface area (TPSA) is 157 Å². The maximum absolute atomic E-state index is 8.70. The lowest BCUT2D eigenvalue weighted by Gasteiger charge is -2.23. The van der Waals surface area contributed by atoms with E-state index in [1.54, 1.807) is 14.2 Å². The molecule has 2 aromatic rings. The number of hydrogen-bond donors (Lipinski definition) is 6. The molecule has 0 heterocycles. The van der Waals surface area contributed by atoms with Gasteiger partial charge in [0.2, 0.25) is 0 Å². The molecule has 0 radical (unpaired) electrons. The van der Waals surface area contributed by atoms with Gasteiger partial charge >= 0.3 is 8.25 Å². The van der Waals surface area contributed by atoms with Crippen LogP contribution in [0.4, 0.5) is 0 Å². The van der Waals surface area contributed by atoms with Crippen molar-refractivity contribution in [2.24, 2.45) is 5.41 Å². The number of ether oxygens (including phenoxy) is 2. The number of rotatable bonds is 6. The fourth-order valence-corrected chi connectivity index (χ4v) is 1.41. The second-order valence-electron chi connectivity index (χ2n) is 5.42. The third-order valence-electron chi connectivity index (χ3n) is 3.30. The first kappa shape index (κ1) is 29.1. The lowest BCUT2D eigenvalue weighted by molar-refractivity contribution is -0.0328. The van der Waals surface area contributed by atoms with Crippen molar-refractivity contribution in [1.29, 1.82) is 0 Å². The molecule has 164 valence electrons. The van der Waals surface area contributed by atoms with Gasteiger partial charge in [-0.3, -0.25) is 0 Å². The summed E-state index contributed by atoms with van der Waals surface area (Å²) in [7, 11) is 0.454. The van der Waals surface area contributed by atoms with Crippen LogP contribution in [0, 0.1) is 5.41 Å². The first-order chi connectivity index (χ1) is 13.8. The number of hydrogen-bond acceptors (Lipinski definition) is 7. The highest BCUT2D eigenvalue weighted by Gasteiger charge is 2.26. The van der Waals surface area contributed by atoms with Gasteiger partial charge in [-0.05, 0) is 24.3 Å². The van der Waals surface area contributed by atoms with Gasteiger partial charge in [-0.1, -0.05) is 36.4 Å². The fourth-order valence-electron chi connectivity index (χ4n) is 1.41. The Morgan fingerprint density at radius 2 is 0.931 bits per heavy atom. The van der Waals surface area contributed by atoms with E-state index in [1.807, 2.05) is 60.7 Å². The Labute approximate surface area is 171 Å². The van der Waals surface area contributed by atoms with Crippen LogP contribution in [-0.2, 0) is 4.57 Å². The molecule has 2 aromatic carbocycles. The van der Waals surface area contributed by atoms with E-state index in [0.29, 0.717) is 0 Å². The summed E-state index contributed by atoms with van der Waals surface area (Å²) in [6.45, 7) is -1.62. The second kappa shape index (κ2) is 19.2. The van der Waals surface area contributed by atoms with Crippen molar-refractivity contribution in [3.63, 3.8) is 0 Å². The highest BCUT2D eigenvalue weighted by molar-refractivity contribution is 7.30. The van der Waals surface area contributed by atoms with Gasteiger partial charge in [-0.25, -0.2) is 0 Å². The summed E-state index contributed by atoms with van der Waals surface area (Å²) in [5.74, 6) is 1.82. The summed E-state index contributed by atoms with van der Waals surface area (Å²) in [6, 6.07) is 19.4. The number of para-hydroxylation sites is 2. The fraction of sp³-hybridized carbons (Fsp3) is 0.368. The van der Waals surface area contributed by atoms with E-state index in [2.05, 4.69) is 0 Å². The lowest BCUT2D eigenvalue weighted by Crippen LogP contribution is -2.37. The van der Waals surface area contributed by atoms with E-state index in [9.17, 15) is 0 Å². The number of methoxy groups -OCH3 is 2. The molecule has 0 bridgehead atoms. The van der Waals surface area contributed by atoms with Crippen molar-refractivity contribution in [2.45, 2.75) is 0 Å². The van der Waals surface area contributed by atoms with Crippen LogP contribution in [-0.4, -0.2) is 70.9 Å². The largest absolute Gasteiger partial charge is 0.692 e. The van der Waals surface area contributed by atoms with Crippen molar-refractivity contribution in [3.05, 3.63) is 60.7 Å². The van der Waals surface area contributed by atoms with E-state index < -0.39 is 40.1 Å². The Hall–Kier alpha value is -2.10. The van der Waals surface area contributed by atoms with Gasteiger partial charge in [0.1, 0.15) is 11.5 Å². The summed E-state index contributed by atoms with van der Waals surface area (Å²) < 4.78 is 18.5. The molecule has 2 rings (SSSR count). The minimum atomic E-state index is -2.87. The van der Waals surface area contributed by atoms with Gasteiger partial charge < -0.3 is 29.9 Å². The molecule has 0 amide bonds. The molecule has 0 saturated carbocycles. The van der Waals surface area contributed by atoms with Crippen LogP contribution in [0.1, 0.15) is 0 Å². The highest BCUT2D eigenvalue weighted by atomic mass is 31.1. The molecule has 0 aromatic heterocycles. The van der Waals surface area contributed by atoms with Gasteiger partial charge in [0.05, 0.1) is 46.1 Å². The minimum Gasteiger partial charge on any atom is -0.497 e. The summed E-state index contributed by atoms with van der Waals surface area (Å²) >= 11 is 0. The smallest absolute Gasteiger partial charge is 0.497 e.